The van der Waals surface area contributed by atoms with Gasteiger partial charge in [0.05, 0.1) is 37.1 Å². The number of nitrogens with zero attached hydrogens (tertiary/aromatic N) is 4. The Morgan fingerprint density at radius 3 is 2.69 bits per heavy atom. The summed E-state index contributed by atoms with van der Waals surface area (Å²) in [5.41, 5.74) is -0.418. The summed E-state index contributed by atoms with van der Waals surface area (Å²) in [6, 6.07) is 8.25. The lowest BCUT2D eigenvalue weighted by molar-refractivity contribution is -0.137. The summed E-state index contributed by atoms with van der Waals surface area (Å²) in [6.45, 7) is 0.892. The van der Waals surface area contributed by atoms with Gasteiger partial charge in [-0.05, 0) is 36.2 Å². The van der Waals surface area contributed by atoms with Crippen LogP contribution in [0.4, 0.5) is 29.1 Å². The van der Waals surface area contributed by atoms with E-state index in [-0.39, 0.29) is 48.4 Å². The van der Waals surface area contributed by atoms with Crippen LogP contribution < -0.4 is 14.4 Å². The van der Waals surface area contributed by atoms with Gasteiger partial charge >= 0.3 is 16.4 Å². The van der Waals surface area contributed by atoms with Gasteiger partial charge in [0.25, 0.3) is 0 Å². The summed E-state index contributed by atoms with van der Waals surface area (Å²) in [4.78, 5) is 9.57. The predicted octanol–water partition coefficient (Wildman–Crippen LogP) is 3.95. The highest BCUT2D eigenvalue weighted by molar-refractivity contribution is 7.90. The third-order valence-electron chi connectivity index (χ3n) is 6.79. The van der Waals surface area contributed by atoms with Gasteiger partial charge in [-0.1, -0.05) is 12.1 Å². The number of nitrogens with one attached hydrogen (secondary N) is 1. The summed E-state index contributed by atoms with van der Waals surface area (Å²) in [7, 11) is -2.51. The Hall–Kier alpha value is -3.49. The normalized spacial score (nSPS) is 20.4. The van der Waals surface area contributed by atoms with Crippen LogP contribution in [0, 0.1) is 5.82 Å². The first kappa shape index (κ1) is 27.1. The molecule has 3 heterocycles. The molecule has 14 heteroatoms. The Balaban J connectivity index is 1.39. The molecule has 2 aliphatic rings. The Bertz CT molecular complexity index is 1440. The fourth-order valence-corrected chi connectivity index (χ4v) is 6.15. The Kier molecular flexibility index (Phi) is 7.35. The van der Waals surface area contributed by atoms with Crippen molar-refractivity contribution in [3.63, 3.8) is 0 Å². The SMILES string of the molecule is COc1cc(-c2cccc(C(F)(F)F)c2)c(F)cc1N1CCO[C@H]2CN(S(=O)(=O)Nc3ccncn3)CC[C@@H]21. The first-order chi connectivity index (χ1) is 18.6. The van der Waals surface area contributed by atoms with E-state index in [1.165, 1.54) is 54.3 Å². The van der Waals surface area contributed by atoms with Crippen LogP contribution >= 0.6 is 0 Å². The second kappa shape index (κ2) is 10.6. The number of halogens is 4. The van der Waals surface area contributed by atoms with Gasteiger partial charge in [-0.25, -0.2) is 14.4 Å². The van der Waals surface area contributed by atoms with Crippen LogP contribution in [0.1, 0.15) is 12.0 Å². The molecule has 2 aromatic carbocycles. The van der Waals surface area contributed by atoms with Crippen LogP contribution in [-0.2, 0) is 21.1 Å². The lowest BCUT2D eigenvalue weighted by Crippen LogP contribution is -2.60. The zero-order valence-electron chi connectivity index (χ0n) is 20.7. The van der Waals surface area contributed by atoms with E-state index in [9.17, 15) is 21.6 Å². The van der Waals surface area contributed by atoms with Crippen molar-refractivity contribution in [3.8, 4) is 16.9 Å². The number of anilines is 2. The molecule has 3 aromatic rings. The van der Waals surface area contributed by atoms with E-state index in [0.717, 1.165) is 12.1 Å². The molecule has 9 nitrogen and oxygen atoms in total. The molecule has 2 aliphatic heterocycles. The van der Waals surface area contributed by atoms with Crippen molar-refractivity contribution in [2.75, 3.05) is 43.0 Å². The second-order valence-electron chi connectivity index (χ2n) is 9.10. The molecular formula is C25H25F4N5O4S. The van der Waals surface area contributed by atoms with Gasteiger partial charge in [0.2, 0.25) is 0 Å². The summed E-state index contributed by atoms with van der Waals surface area (Å²) < 4.78 is 96.0. The molecule has 0 unspecified atom stereocenters. The first-order valence-corrected chi connectivity index (χ1v) is 13.5. The van der Waals surface area contributed by atoms with Crippen LogP contribution in [0.3, 0.4) is 0 Å². The molecule has 0 aliphatic carbocycles. The fraction of sp³-hybridized carbons (Fsp3) is 0.360. The zero-order chi connectivity index (χ0) is 27.8. The monoisotopic (exact) mass is 567 g/mol. The third kappa shape index (κ3) is 5.63. The summed E-state index contributed by atoms with van der Waals surface area (Å²) >= 11 is 0. The quantitative estimate of drug-likeness (QED) is 0.451. The molecule has 0 amide bonds. The molecule has 5 rings (SSSR count). The predicted molar refractivity (Wildman–Crippen MR) is 135 cm³/mol. The molecule has 2 fully saturated rings. The van der Waals surface area contributed by atoms with Gasteiger partial charge in [0.1, 0.15) is 23.7 Å². The number of piperidine rings is 1. The molecule has 2 atom stereocenters. The Morgan fingerprint density at radius 1 is 1.15 bits per heavy atom. The minimum atomic E-state index is -4.56. The van der Waals surface area contributed by atoms with Crippen LogP contribution in [-0.4, -0.2) is 68.2 Å². The van der Waals surface area contributed by atoms with Crippen LogP contribution in [0.25, 0.3) is 11.1 Å². The largest absolute Gasteiger partial charge is 0.495 e. The molecular weight excluding hydrogens is 542 g/mol. The van der Waals surface area contributed by atoms with E-state index in [1.54, 1.807) is 0 Å². The van der Waals surface area contributed by atoms with E-state index in [0.29, 0.717) is 18.7 Å². The molecule has 0 spiro atoms. The van der Waals surface area contributed by atoms with Crippen molar-refractivity contribution in [2.45, 2.75) is 24.7 Å². The van der Waals surface area contributed by atoms with Gasteiger partial charge in [0, 0.05) is 37.5 Å². The minimum absolute atomic E-state index is 0.0248. The highest BCUT2D eigenvalue weighted by Gasteiger charge is 2.41. The van der Waals surface area contributed by atoms with Gasteiger partial charge in [0.15, 0.2) is 0 Å². The Labute approximate surface area is 222 Å². The zero-order valence-corrected chi connectivity index (χ0v) is 21.5. The molecule has 39 heavy (non-hydrogen) atoms. The van der Waals surface area contributed by atoms with E-state index in [1.807, 2.05) is 4.90 Å². The van der Waals surface area contributed by atoms with E-state index in [2.05, 4.69) is 14.7 Å². The van der Waals surface area contributed by atoms with Crippen molar-refractivity contribution < 1.29 is 35.5 Å². The summed E-state index contributed by atoms with van der Waals surface area (Å²) in [5, 5.41) is 0. The lowest BCUT2D eigenvalue weighted by Gasteiger charge is -2.47. The average Bonchev–Trinajstić information content (AvgIpc) is 2.92. The van der Waals surface area contributed by atoms with Crippen molar-refractivity contribution >= 4 is 21.7 Å². The number of ether oxygens (including phenoxy) is 2. The van der Waals surface area contributed by atoms with Crippen LogP contribution in [0.5, 0.6) is 5.75 Å². The molecule has 2 saturated heterocycles. The number of alkyl halides is 3. The maximum Gasteiger partial charge on any atom is 0.416 e. The van der Waals surface area contributed by atoms with Gasteiger partial charge < -0.3 is 14.4 Å². The Morgan fingerprint density at radius 2 is 1.97 bits per heavy atom. The molecule has 0 radical (unpaired) electrons. The third-order valence-corrected chi connectivity index (χ3v) is 8.26. The highest BCUT2D eigenvalue weighted by atomic mass is 32.2. The van der Waals surface area contributed by atoms with Gasteiger partial charge in [-0.15, -0.1) is 0 Å². The molecule has 0 saturated carbocycles. The first-order valence-electron chi connectivity index (χ1n) is 12.0. The van der Waals surface area contributed by atoms with Crippen molar-refractivity contribution in [1.29, 1.82) is 0 Å². The van der Waals surface area contributed by atoms with Gasteiger partial charge in [-0.3, -0.25) is 4.72 Å². The fourth-order valence-electron chi connectivity index (χ4n) is 4.94. The molecule has 1 N–H and O–H groups in total. The number of rotatable bonds is 6. The maximum absolute atomic E-state index is 15.4. The number of hydrogen-bond acceptors (Lipinski definition) is 7. The highest BCUT2D eigenvalue weighted by Crippen LogP contribution is 2.40. The molecule has 1 aromatic heterocycles. The molecule has 0 bridgehead atoms. The second-order valence-corrected chi connectivity index (χ2v) is 10.8. The van der Waals surface area contributed by atoms with E-state index >= 15 is 4.39 Å². The van der Waals surface area contributed by atoms with Crippen molar-refractivity contribution in [3.05, 3.63) is 66.4 Å². The van der Waals surface area contributed by atoms with Gasteiger partial charge in [-0.2, -0.15) is 25.9 Å². The summed E-state index contributed by atoms with van der Waals surface area (Å²) in [5.74, 6) is -0.286. The van der Waals surface area contributed by atoms with E-state index in [4.69, 9.17) is 9.47 Å². The van der Waals surface area contributed by atoms with Crippen molar-refractivity contribution in [1.82, 2.24) is 14.3 Å². The number of fused-ring (bicyclic) bond motifs is 1. The molecule has 208 valence electrons. The topological polar surface area (TPSA) is 96.9 Å². The average molecular weight is 568 g/mol. The van der Waals surface area contributed by atoms with Crippen LogP contribution in [0.2, 0.25) is 0 Å². The maximum atomic E-state index is 15.4. The number of aromatic nitrogens is 2. The van der Waals surface area contributed by atoms with Crippen LogP contribution in [0.15, 0.2) is 55.0 Å². The van der Waals surface area contributed by atoms with E-state index < -0.39 is 33.9 Å². The lowest BCUT2D eigenvalue weighted by atomic mass is 9.97. The number of methoxy groups -OCH3 is 1. The number of morpholine rings is 1. The minimum Gasteiger partial charge on any atom is -0.495 e. The van der Waals surface area contributed by atoms with Crippen molar-refractivity contribution in [2.24, 2.45) is 0 Å². The standard InChI is InChI=1S/C25H25F4N5O4S/c1-37-22-12-18(16-3-2-4-17(11-16)25(27,28)29)19(26)13-21(22)34-9-10-38-23-14-33(8-6-20(23)34)39(35,36)32-24-5-7-30-15-31-24/h2-5,7,11-13,15,20,23H,6,8-10,14H2,1H3,(H,30,31,32)/t20-,23-/m0/s1. The summed E-state index contributed by atoms with van der Waals surface area (Å²) in [6.07, 6.45) is -2.03. The number of hydrogen-bond donors (Lipinski definition) is 1. The number of benzene rings is 2. The smallest absolute Gasteiger partial charge is 0.416 e.